The van der Waals surface area contributed by atoms with Gasteiger partial charge in [-0.3, -0.25) is 0 Å². The predicted octanol–water partition coefficient (Wildman–Crippen LogP) is 4.76. The molecule has 5 heteroatoms. The number of likely N-dealkylation sites (N-methyl/N-ethyl adjacent to an activating group) is 1. The van der Waals surface area contributed by atoms with E-state index >= 15 is 0 Å². The van der Waals surface area contributed by atoms with Crippen molar-refractivity contribution in [1.82, 2.24) is 5.32 Å². The van der Waals surface area contributed by atoms with Gasteiger partial charge in [0.2, 0.25) is 0 Å². The number of hydrogen-bond acceptors (Lipinski definition) is 1. The van der Waals surface area contributed by atoms with Gasteiger partial charge in [-0.1, -0.05) is 19.1 Å². The average molecular weight is 358 g/mol. The highest BCUT2D eigenvalue weighted by Crippen LogP contribution is 2.26. The Morgan fingerprint density at radius 3 is 2.29 bits per heavy atom. The van der Waals surface area contributed by atoms with Crippen molar-refractivity contribution in [2.75, 3.05) is 6.54 Å². The Morgan fingerprint density at radius 1 is 1.05 bits per heavy atom. The number of rotatable bonds is 5. The van der Waals surface area contributed by atoms with Crippen molar-refractivity contribution in [3.05, 3.63) is 69.4 Å². The number of hydrogen-bond donors (Lipinski definition) is 1. The lowest BCUT2D eigenvalue weighted by atomic mass is 9.97. The molecule has 112 valence electrons. The van der Waals surface area contributed by atoms with Crippen molar-refractivity contribution >= 4 is 15.9 Å². The minimum Gasteiger partial charge on any atom is -0.310 e. The van der Waals surface area contributed by atoms with Gasteiger partial charge in [0.15, 0.2) is 0 Å². The number of nitrogens with one attached hydrogen (secondary N) is 1. The summed E-state index contributed by atoms with van der Waals surface area (Å²) in [6.07, 6.45) is 0.366. The van der Waals surface area contributed by atoms with Gasteiger partial charge < -0.3 is 5.32 Å². The molecule has 2 aromatic carbocycles. The molecule has 0 heterocycles. The van der Waals surface area contributed by atoms with E-state index in [1.807, 2.05) is 6.92 Å². The van der Waals surface area contributed by atoms with Gasteiger partial charge in [-0.15, -0.1) is 0 Å². The molecule has 0 aliphatic rings. The molecule has 0 radical (unpaired) electrons. The van der Waals surface area contributed by atoms with Crippen LogP contribution in [0.15, 0.2) is 40.9 Å². The largest absolute Gasteiger partial charge is 0.310 e. The smallest absolute Gasteiger partial charge is 0.137 e. The summed E-state index contributed by atoms with van der Waals surface area (Å²) in [4.78, 5) is 0. The van der Waals surface area contributed by atoms with Crippen molar-refractivity contribution in [1.29, 1.82) is 0 Å². The number of benzene rings is 2. The van der Waals surface area contributed by atoms with E-state index in [2.05, 4.69) is 21.2 Å². The van der Waals surface area contributed by atoms with E-state index in [9.17, 15) is 13.2 Å². The average Bonchev–Trinajstić information content (AvgIpc) is 2.43. The van der Waals surface area contributed by atoms with Gasteiger partial charge in [-0.05, 0) is 58.7 Å². The lowest BCUT2D eigenvalue weighted by Crippen LogP contribution is -2.25. The second kappa shape index (κ2) is 7.09. The zero-order valence-electron chi connectivity index (χ0n) is 11.5. The van der Waals surface area contributed by atoms with Gasteiger partial charge in [-0.2, -0.15) is 0 Å². The van der Waals surface area contributed by atoms with Crippen molar-refractivity contribution in [2.24, 2.45) is 0 Å². The van der Waals surface area contributed by atoms with Gasteiger partial charge in [0.05, 0.1) is 4.47 Å². The Labute approximate surface area is 130 Å². The fourth-order valence-electron chi connectivity index (χ4n) is 2.27. The van der Waals surface area contributed by atoms with Gasteiger partial charge in [0, 0.05) is 11.6 Å². The van der Waals surface area contributed by atoms with Crippen LogP contribution in [-0.4, -0.2) is 6.54 Å². The first-order valence-corrected chi connectivity index (χ1v) is 7.43. The quantitative estimate of drug-likeness (QED) is 0.813. The van der Waals surface area contributed by atoms with E-state index in [0.29, 0.717) is 17.4 Å². The van der Waals surface area contributed by atoms with Gasteiger partial charge >= 0.3 is 0 Å². The SMILES string of the molecule is CCNC(Cc1ccc(F)c(Br)c1)c1c(F)cccc1F. The van der Waals surface area contributed by atoms with Crippen molar-refractivity contribution in [2.45, 2.75) is 19.4 Å². The van der Waals surface area contributed by atoms with E-state index in [0.717, 1.165) is 5.56 Å². The molecule has 0 bridgehead atoms. The van der Waals surface area contributed by atoms with Gasteiger partial charge in [0.1, 0.15) is 17.5 Å². The van der Waals surface area contributed by atoms with Crippen LogP contribution in [0.1, 0.15) is 24.1 Å². The highest BCUT2D eigenvalue weighted by Gasteiger charge is 2.20. The molecule has 21 heavy (non-hydrogen) atoms. The van der Waals surface area contributed by atoms with Crippen molar-refractivity contribution in [3.8, 4) is 0 Å². The van der Waals surface area contributed by atoms with Crippen molar-refractivity contribution < 1.29 is 13.2 Å². The molecule has 2 rings (SSSR count). The van der Waals surface area contributed by atoms with Crippen LogP contribution in [0.3, 0.4) is 0 Å². The summed E-state index contributed by atoms with van der Waals surface area (Å²) >= 11 is 3.12. The Morgan fingerprint density at radius 2 is 1.71 bits per heavy atom. The zero-order valence-corrected chi connectivity index (χ0v) is 13.1. The van der Waals surface area contributed by atoms with Crippen LogP contribution in [0.2, 0.25) is 0 Å². The summed E-state index contributed by atoms with van der Waals surface area (Å²) in [5.74, 6) is -1.53. The van der Waals surface area contributed by atoms with E-state index in [1.165, 1.54) is 24.3 Å². The normalized spacial score (nSPS) is 12.4. The maximum Gasteiger partial charge on any atom is 0.137 e. The fraction of sp³-hybridized carbons (Fsp3) is 0.250. The highest BCUT2D eigenvalue weighted by atomic mass is 79.9. The Hall–Kier alpha value is -1.33. The zero-order chi connectivity index (χ0) is 15.4. The maximum atomic E-state index is 13.9. The first kappa shape index (κ1) is 16.0. The molecule has 1 N–H and O–H groups in total. The predicted molar refractivity (Wildman–Crippen MR) is 80.6 cm³/mol. The lowest BCUT2D eigenvalue weighted by molar-refractivity contribution is 0.472. The molecule has 0 saturated heterocycles. The minimum absolute atomic E-state index is 0.0137. The first-order valence-electron chi connectivity index (χ1n) is 6.64. The van der Waals surface area contributed by atoms with Crippen LogP contribution in [0, 0.1) is 17.5 Å². The number of halogens is 4. The van der Waals surface area contributed by atoms with Crippen LogP contribution in [0.4, 0.5) is 13.2 Å². The molecule has 0 fully saturated rings. The first-order chi connectivity index (χ1) is 10.0. The third-order valence-corrected chi connectivity index (χ3v) is 3.83. The molecular weight excluding hydrogens is 343 g/mol. The Balaban J connectivity index is 2.33. The fourth-order valence-corrected chi connectivity index (χ4v) is 2.69. The summed E-state index contributed by atoms with van der Waals surface area (Å²) in [6, 6.07) is 7.88. The minimum atomic E-state index is -0.581. The van der Waals surface area contributed by atoms with Crippen molar-refractivity contribution in [3.63, 3.8) is 0 Å². The van der Waals surface area contributed by atoms with E-state index in [4.69, 9.17) is 0 Å². The van der Waals surface area contributed by atoms with Gasteiger partial charge in [0.25, 0.3) is 0 Å². The lowest BCUT2D eigenvalue weighted by Gasteiger charge is -2.20. The summed E-state index contributed by atoms with van der Waals surface area (Å²) in [6.45, 7) is 2.44. The topological polar surface area (TPSA) is 12.0 Å². The molecule has 0 saturated carbocycles. The molecule has 2 aromatic rings. The summed E-state index contributed by atoms with van der Waals surface area (Å²) in [7, 11) is 0. The molecule has 0 aliphatic carbocycles. The molecular formula is C16H15BrF3N. The van der Waals surface area contributed by atoms with Crippen LogP contribution < -0.4 is 5.32 Å². The van der Waals surface area contributed by atoms with E-state index in [1.54, 1.807) is 12.1 Å². The maximum absolute atomic E-state index is 13.9. The monoisotopic (exact) mass is 357 g/mol. The third kappa shape index (κ3) is 3.86. The standard InChI is InChI=1S/C16H15BrF3N/c1-2-21-15(16-13(19)4-3-5-14(16)20)9-10-6-7-12(18)11(17)8-10/h3-8,15,21H,2,9H2,1H3. The molecule has 0 spiro atoms. The molecule has 0 aromatic heterocycles. The molecule has 1 unspecified atom stereocenters. The van der Waals surface area contributed by atoms with E-state index < -0.39 is 17.7 Å². The van der Waals surface area contributed by atoms with Crippen LogP contribution in [-0.2, 0) is 6.42 Å². The summed E-state index contributed by atoms with van der Waals surface area (Å²) in [5.41, 5.74) is 0.802. The highest BCUT2D eigenvalue weighted by molar-refractivity contribution is 9.10. The van der Waals surface area contributed by atoms with E-state index in [-0.39, 0.29) is 11.4 Å². The molecule has 0 aliphatic heterocycles. The summed E-state index contributed by atoms with van der Waals surface area (Å²) < 4.78 is 41.4. The Bertz CT molecular complexity index is 611. The second-order valence-electron chi connectivity index (χ2n) is 4.70. The third-order valence-electron chi connectivity index (χ3n) is 3.22. The summed E-state index contributed by atoms with van der Waals surface area (Å²) in [5, 5.41) is 3.07. The van der Waals surface area contributed by atoms with Crippen LogP contribution >= 0.6 is 15.9 Å². The van der Waals surface area contributed by atoms with Gasteiger partial charge in [-0.25, -0.2) is 13.2 Å². The Kier molecular flexibility index (Phi) is 5.42. The van der Waals surface area contributed by atoms with Crippen LogP contribution in [0.5, 0.6) is 0 Å². The van der Waals surface area contributed by atoms with Crippen LogP contribution in [0.25, 0.3) is 0 Å². The second-order valence-corrected chi connectivity index (χ2v) is 5.55. The molecule has 1 atom stereocenters. The molecule has 1 nitrogen and oxygen atoms in total. The molecule has 0 amide bonds.